The van der Waals surface area contributed by atoms with Gasteiger partial charge in [0, 0.05) is 0 Å². The van der Waals surface area contributed by atoms with E-state index < -0.39 is 0 Å². The maximum absolute atomic E-state index is 4.66. The van der Waals surface area contributed by atoms with Crippen molar-refractivity contribution in [2.24, 2.45) is 5.92 Å². The van der Waals surface area contributed by atoms with Gasteiger partial charge in [-0.1, -0.05) is 6.92 Å². The van der Waals surface area contributed by atoms with Gasteiger partial charge in [-0.25, -0.2) is 0 Å². The number of hydrogen-bond donors (Lipinski definition) is 0. The van der Waals surface area contributed by atoms with Gasteiger partial charge >= 0.3 is 19.5 Å². The van der Waals surface area contributed by atoms with Crippen molar-refractivity contribution >= 4 is 58.1 Å². The average Bonchev–Trinajstić information content (AvgIpc) is 1.64. The molecule has 0 nitrogen and oxygen atoms in total. The van der Waals surface area contributed by atoms with E-state index in [9.17, 15) is 0 Å². The first-order valence-electron chi connectivity index (χ1n) is 1.97. The maximum atomic E-state index is 4.66. The van der Waals surface area contributed by atoms with Crippen LogP contribution in [0.5, 0.6) is 0 Å². The van der Waals surface area contributed by atoms with Gasteiger partial charge in [-0.05, 0) is 5.92 Å². The maximum Gasteiger partial charge on any atom is 2.00 e. The largest absolute Gasteiger partial charge is 2.00 e. The van der Waals surface area contributed by atoms with Gasteiger partial charge in [0.2, 0.25) is 0 Å². The summed E-state index contributed by atoms with van der Waals surface area (Å²) in [6, 6.07) is 0. The molecule has 0 fully saturated rings. The minimum atomic E-state index is -0.0370. The zero-order chi connectivity index (χ0) is 6.73. The molecule has 0 aliphatic carbocycles. The molecule has 0 aromatic carbocycles. The Labute approximate surface area is 89.7 Å². The molecule has 0 radical (unpaired) electrons. The molecule has 0 unspecified atom stereocenters. The van der Waals surface area contributed by atoms with Crippen molar-refractivity contribution in [3.63, 3.8) is 0 Å². The van der Waals surface area contributed by atoms with Crippen LogP contribution in [-0.2, 0) is 44.7 Å². The normalized spacial score (nSPS) is 8.22. The summed E-state index contributed by atoms with van der Waals surface area (Å²) in [5.74, 6) is -0.0370. The van der Waals surface area contributed by atoms with Crippen molar-refractivity contribution < 1.29 is 19.5 Å². The minimum absolute atomic E-state index is 0. The molecule has 0 aliphatic heterocycles. The average molecular weight is 246 g/mol. The third-order valence-corrected chi connectivity index (χ3v) is 2.12. The molecule has 0 aromatic heterocycles. The van der Waals surface area contributed by atoms with Gasteiger partial charge in [0.15, 0.2) is 0 Å². The quantitative estimate of drug-likeness (QED) is 0.409. The summed E-state index contributed by atoms with van der Waals surface area (Å²) in [7, 11) is 0. The zero-order valence-corrected chi connectivity index (χ0v) is 11.2. The Morgan fingerprint density at radius 2 is 1.44 bits per heavy atom. The van der Waals surface area contributed by atoms with Gasteiger partial charge in [-0.15, -0.1) is 8.39 Å². The van der Waals surface area contributed by atoms with Gasteiger partial charge in [0.05, 0.1) is 0 Å². The Hall–Kier alpha value is 1.24. The second kappa shape index (κ2) is 5.99. The first-order valence-corrected chi connectivity index (χ1v) is 3.60. The summed E-state index contributed by atoms with van der Waals surface area (Å²) in [6.45, 7) is 1.82. The summed E-state index contributed by atoms with van der Waals surface area (Å²) in [5.41, 5.74) is 0. The van der Waals surface area contributed by atoms with Gasteiger partial charge < -0.3 is 49.7 Å². The van der Waals surface area contributed by atoms with Crippen molar-refractivity contribution in [3.05, 3.63) is 0 Å². The van der Waals surface area contributed by atoms with E-state index in [1.165, 1.54) is 0 Å². The minimum Gasteiger partial charge on any atom is -0.432 e. The van der Waals surface area contributed by atoms with Gasteiger partial charge in [0.1, 0.15) is 0 Å². The van der Waals surface area contributed by atoms with E-state index >= 15 is 0 Å². The summed E-state index contributed by atoms with van der Waals surface area (Å²) >= 11 is 18.6. The van der Waals surface area contributed by atoms with E-state index in [0.29, 0.717) is 8.39 Å². The molecular formula is C4H4S4Zn. The fraction of sp³-hybridized carbons (Fsp3) is 0.500. The van der Waals surface area contributed by atoms with Crippen LogP contribution in [-0.4, -0.2) is 8.39 Å². The van der Waals surface area contributed by atoms with Crippen LogP contribution in [0.25, 0.3) is 0 Å². The van der Waals surface area contributed by atoms with Gasteiger partial charge in [0.25, 0.3) is 0 Å². The van der Waals surface area contributed by atoms with Crippen LogP contribution in [0.15, 0.2) is 0 Å². The fourth-order valence-corrected chi connectivity index (χ4v) is 0.866. The van der Waals surface area contributed by atoms with E-state index in [-0.39, 0.29) is 25.4 Å². The third kappa shape index (κ3) is 5.68. The molecule has 0 aliphatic rings. The fourth-order valence-electron chi connectivity index (χ4n) is 0.0962. The topological polar surface area (TPSA) is 0 Å². The molecule has 0 saturated heterocycles. The molecule has 0 amide bonds. The van der Waals surface area contributed by atoms with Crippen molar-refractivity contribution in [2.75, 3.05) is 0 Å². The van der Waals surface area contributed by atoms with Crippen molar-refractivity contribution in [3.8, 4) is 0 Å². The molecule has 0 saturated carbocycles. The second-order valence-corrected chi connectivity index (χ2v) is 3.64. The first-order chi connectivity index (χ1) is 3.55. The van der Waals surface area contributed by atoms with E-state index in [4.69, 9.17) is 0 Å². The van der Waals surface area contributed by atoms with Crippen LogP contribution < -0.4 is 0 Å². The summed E-state index contributed by atoms with van der Waals surface area (Å²) < 4.78 is 0.926. The Kier molecular flexibility index (Phi) is 8.57. The second-order valence-electron chi connectivity index (χ2n) is 1.36. The predicted octanol–water partition coefficient (Wildman–Crippen LogP) is 1.37. The summed E-state index contributed by atoms with van der Waals surface area (Å²) in [6.07, 6.45) is 0. The number of rotatable bonds is 2. The smallest absolute Gasteiger partial charge is 0.432 e. The molecule has 0 heterocycles. The molecule has 0 rings (SSSR count). The van der Waals surface area contributed by atoms with E-state index in [0.717, 1.165) is 0 Å². The van der Waals surface area contributed by atoms with Gasteiger partial charge in [-0.3, -0.25) is 0 Å². The molecular weight excluding hydrogens is 242 g/mol. The van der Waals surface area contributed by atoms with Crippen LogP contribution in [0.1, 0.15) is 6.92 Å². The summed E-state index contributed by atoms with van der Waals surface area (Å²) in [5, 5.41) is 0. The zero-order valence-electron chi connectivity index (χ0n) is 4.92. The molecule has 9 heavy (non-hydrogen) atoms. The van der Waals surface area contributed by atoms with E-state index in [2.05, 4.69) is 49.7 Å². The van der Waals surface area contributed by atoms with Crippen LogP contribution in [0.3, 0.4) is 0 Å². The predicted molar refractivity (Wildman–Crippen MR) is 49.1 cm³/mol. The first kappa shape index (κ1) is 12.9. The van der Waals surface area contributed by atoms with Crippen LogP contribution in [0.4, 0.5) is 0 Å². The number of hydrogen-bond acceptors (Lipinski definition) is 4. The Morgan fingerprint density at radius 3 is 1.44 bits per heavy atom. The van der Waals surface area contributed by atoms with Crippen molar-refractivity contribution in [2.45, 2.75) is 6.92 Å². The third-order valence-electron chi connectivity index (χ3n) is 0.707. The molecule has 0 bridgehead atoms. The van der Waals surface area contributed by atoms with Crippen LogP contribution in [0.2, 0.25) is 0 Å². The molecule has 0 atom stereocenters. The molecule has 0 N–H and O–H groups in total. The Morgan fingerprint density at radius 1 is 1.22 bits per heavy atom. The Bertz CT molecular complexity index is 108. The summed E-state index contributed by atoms with van der Waals surface area (Å²) in [4.78, 5) is 0. The number of thiocarbonyl (C=S) groups is 2. The van der Waals surface area contributed by atoms with E-state index in [1.807, 2.05) is 6.92 Å². The van der Waals surface area contributed by atoms with Crippen LogP contribution >= 0.6 is 24.4 Å². The monoisotopic (exact) mass is 244 g/mol. The van der Waals surface area contributed by atoms with E-state index in [1.54, 1.807) is 0 Å². The molecule has 5 heteroatoms. The van der Waals surface area contributed by atoms with Crippen molar-refractivity contribution in [1.82, 2.24) is 0 Å². The molecule has 46 valence electrons. The SMILES string of the molecule is CC(C(=S)[S-])C(=S)[S-].[Zn+2]. The van der Waals surface area contributed by atoms with Crippen molar-refractivity contribution in [1.29, 1.82) is 0 Å². The molecule has 0 aromatic rings. The van der Waals surface area contributed by atoms with Crippen LogP contribution in [0, 0.1) is 5.92 Å². The standard InChI is InChI=1S/C4H6S4.Zn/c1-2(3(5)6)4(7)8;/h2H,1H3,(H,5,6)(H,7,8);/q;+2/p-2. The Balaban J connectivity index is 0. The molecule has 0 spiro atoms. The van der Waals surface area contributed by atoms with Gasteiger partial charge in [-0.2, -0.15) is 0 Å².